The van der Waals surface area contributed by atoms with Crippen LogP contribution in [0.1, 0.15) is 32.8 Å². The summed E-state index contributed by atoms with van der Waals surface area (Å²) in [5, 5.41) is 13.8. The molecule has 0 spiro atoms. The Kier molecular flexibility index (Phi) is 5.80. The number of carbonyl (C=O) groups excluding carboxylic acids is 2. The molecule has 0 unspecified atom stereocenters. The fourth-order valence-corrected chi connectivity index (χ4v) is 2.28. The second kappa shape index (κ2) is 7.63. The topological polar surface area (TPSA) is 88.1 Å². The van der Waals surface area contributed by atoms with Gasteiger partial charge >= 0.3 is 6.09 Å². The van der Waals surface area contributed by atoms with E-state index in [0.29, 0.717) is 0 Å². The predicted octanol–water partition coefficient (Wildman–Crippen LogP) is 1.60. The van der Waals surface area contributed by atoms with Crippen LogP contribution in [0.25, 0.3) is 0 Å². The van der Waals surface area contributed by atoms with Crippen LogP contribution in [0, 0.1) is 0 Å². The van der Waals surface area contributed by atoms with Crippen LogP contribution < -0.4 is 5.32 Å². The van der Waals surface area contributed by atoms with Gasteiger partial charge in [-0.25, -0.2) is 9.86 Å². The van der Waals surface area contributed by atoms with Crippen molar-refractivity contribution in [3.63, 3.8) is 0 Å². The van der Waals surface area contributed by atoms with Crippen molar-refractivity contribution >= 4 is 12.0 Å². The van der Waals surface area contributed by atoms with Crippen molar-refractivity contribution in [1.29, 1.82) is 0 Å². The van der Waals surface area contributed by atoms with E-state index < -0.39 is 23.8 Å². The fourth-order valence-electron chi connectivity index (χ4n) is 2.28. The van der Waals surface area contributed by atoms with Gasteiger partial charge in [0.15, 0.2) is 0 Å². The zero-order valence-corrected chi connectivity index (χ0v) is 14.2. The largest absolute Gasteiger partial charge is 0.444 e. The van der Waals surface area contributed by atoms with Gasteiger partial charge in [-0.3, -0.25) is 9.63 Å². The summed E-state index contributed by atoms with van der Waals surface area (Å²) in [6, 6.07) is 8.79. The fraction of sp³-hybridized carbons (Fsp3) is 0.529. The number of rotatable bonds is 4. The molecule has 0 aromatic heterocycles. The van der Waals surface area contributed by atoms with E-state index in [4.69, 9.17) is 9.57 Å². The number of nitrogens with one attached hydrogen (secondary N) is 1. The summed E-state index contributed by atoms with van der Waals surface area (Å²) in [5.74, 6) is -0.319. The first-order valence-electron chi connectivity index (χ1n) is 7.89. The number of benzene rings is 1. The number of ether oxygens (including phenoxy) is 1. The number of alkyl carbamates (subject to hydrolysis) is 1. The van der Waals surface area contributed by atoms with E-state index in [1.165, 1.54) is 5.06 Å². The summed E-state index contributed by atoms with van der Waals surface area (Å²) in [5.41, 5.74) is 0.288. The highest BCUT2D eigenvalue weighted by atomic mass is 16.7. The van der Waals surface area contributed by atoms with Gasteiger partial charge in [0.2, 0.25) is 5.91 Å². The molecule has 132 valence electrons. The van der Waals surface area contributed by atoms with Gasteiger partial charge in [-0.15, -0.1) is 0 Å². The number of nitrogens with zero attached hydrogens (tertiary/aromatic N) is 1. The van der Waals surface area contributed by atoms with Crippen molar-refractivity contribution in [1.82, 2.24) is 10.4 Å². The summed E-state index contributed by atoms with van der Waals surface area (Å²) in [7, 11) is 0. The molecule has 24 heavy (non-hydrogen) atoms. The zero-order chi connectivity index (χ0) is 17.7. The average molecular weight is 336 g/mol. The van der Waals surface area contributed by atoms with Gasteiger partial charge in [-0.05, 0) is 26.3 Å². The van der Waals surface area contributed by atoms with Crippen LogP contribution in [-0.2, 0) is 21.0 Å². The lowest BCUT2D eigenvalue weighted by atomic mass is 10.0. The van der Waals surface area contributed by atoms with Crippen LogP contribution >= 0.6 is 0 Å². The van der Waals surface area contributed by atoms with E-state index in [1.807, 2.05) is 30.3 Å². The molecule has 0 saturated carbocycles. The molecule has 2 atom stereocenters. The molecule has 1 aromatic carbocycles. The molecule has 7 nitrogen and oxygen atoms in total. The van der Waals surface area contributed by atoms with Crippen LogP contribution in [0.3, 0.4) is 0 Å². The minimum Gasteiger partial charge on any atom is -0.444 e. The lowest BCUT2D eigenvalue weighted by Crippen LogP contribution is -2.57. The van der Waals surface area contributed by atoms with Crippen LogP contribution in [0.15, 0.2) is 30.3 Å². The number of amides is 2. The van der Waals surface area contributed by atoms with Gasteiger partial charge < -0.3 is 15.2 Å². The minimum absolute atomic E-state index is 0.0616. The maximum atomic E-state index is 12.0. The van der Waals surface area contributed by atoms with Crippen molar-refractivity contribution in [2.45, 2.75) is 51.5 Å². The molecule has 0 radical (unpaired) electrons. The molecule has 1 aliphatic heterocycles. The van der Waals surface area contributed by atoms with E-state index >= 15 is 0 Å². The third-order valence-electron chi connectivity index (χ3n) is 3.42. The third kappa shape index (κ3) is 5.50. The van der Waals surface area contributed by atoms with Gasteiger partial charge in [0.05, 0.1) is 25.1 Å². The van der Waals surface area contributed by atoms with Gasteiger partial charge in [-0.2, -0.15) is 0 Å². The zero-order valence-electron chi connectivity index (χ0n) is 14.2. The second-order valence-electron chi connectivity index (χ2n) is 6.74. The Labute approximate surface area is 141 Å². The van der Waals surface area contributed by atoms with Gasteiger partial charge in [0, 0.05) is 0 Å². The predicted molar refractivity (Wildman–Crippen MR) is 86.7 cm³/mol. The van der Waals surface area contributed by atoms with E-state index in [2.05, 4.69) is 5.32 Å². The SMILES string of the molecule is CC(C)(C)OC(=O)N[C@@H]1CN(OCc2ccccc2)C(=O)C[C@@H]1O. The number of carbonyl (C=O) groups is 2. The molecule has 2 N–H and O–H groups in total. The Morgan fingerprint density at radius 1 is 1.33 bits per heavy atom. The summed E-state index contributed by atoms with van der Waals surface area (Å²) in [4.78, 5) is 29.4. The third-order valence-corrected chi connectivity index (χ3v) is 3.42. The number of aliphatic hydroxyl groups excluding tert-OH is 1. The van der Waals surface area contributed by atoms with E-state index in [-0.39, 0.29) is 25.5 Å². The van der Waals surface area contributed by atoms with Gasteiger partial charge in [0.25, 0.3) is 0 Å². The van der Waals surface area contributed by atoms with E-state index in [9.17, 15) is 14.7 Å². The van der Waals surface area contributed by atoms with Crippen LogP contribution in [0.4, 0.5) is 4.79 Å². The summed E-state index contributed by atoms with van der Waals surface area (Å²) in [6.07, 6.45) is -1.72. The van der Waals surface area contributed by atoms with Crippen LogP contribution in [0.2, 0.25) is 0 Å². The normalized spacial score (nSPS) is 21.5. The van der Waals surface area contributed by atoms with Crippen LogP contribution in [0.5, 0.6) is 0 Å². The first-order valence-corrected chi connectivity index (χ1v) is 7.89. The van der Waals surface area contributed by atoms with Crippen molar-refractivity contribution < 1.29 is 24.3 Å². The Morgan fingerprint density at radius 3 is 2.62 bits per heavy atom. The Balaban J connectivity index is 1.91. The standard InChI is InChI=1S/C17H24N2O5/c1-17(2,3)24-16(22)18-13-10-19(15(21)9-14(13)20)23-11-12-7-5-4-6-8-12/h4-8,13-14,20H,9-11H2,1-3H3,(H,18,22)/t13-,14+/m1/s1. The average Bonchev–Trinajstić information content (AvgIpc) is 2.48. The van der Waals surface area contributed by atoms with Crippen molar-refractivity contribution in [3.05, 3.63) is 35.9 Å². The summed E-state index contributed by atoms with van der Waals surface area (Å²) in [6.45, 7) is 5.56. The number of hydrogen-bond acceptors (Lipinski definition) is 5. The highest BCUT2D eigenvalue weighted by Gasteiger charge is 2.35. The number of aliphatic hydroxyl groups is 1. The molecular formula is C17H24N2O5. The molecule has 1 aliphatic rings. The highest BCUT2D eigenvalue weighted by molar-refractivity contribution is 5.77. The maximum absolute atomic E-state index is 12.0. The maximum Gasteiger partial charge on any atom is 0.408 e. The smallest absolute Gasteiger partial charge is 0.408 e. The molecular weight excluding hydrogens is 312 g/mol. The number of piperidine rings is 1. The second-order valence-corrected chi connectivity index (χ2v) is 6.74. The molecule has 1 heterocycles. The molecule has 7 heteroatoms. The first-order chi connectivity index (χ1) is 11.2. The quantitative estimate of drug-likeness (QED) is 0.872. The molecule has 2 amide bonds. The monoisotopic (exact) mass is 336 g/mol. The van der Waals surface area contributed by atoms with Gasteiger partial charge in [0.1, 0.15) is 12.2 Å². The summed E-state index contributed by atoms with van der Waals surface area (Å²) < 4.78 is 5.17. The lowest BCUT2D eigenvalue weighted by Gasteiger charge is -2.35. The van der Waals surface area contributed by atoms with Crippen molar-refractivity contribution in [3.8, 4) is 0 Å². The lowest BCUT2D eigenvalue weighted by molar-refractivity contribution is -0.205. The highest BCUT2D eigenvalue weighted by Crippen LogP contribution is 2.16. The number of hydroxylamine groups is 2. The molecule has 2 rings (SSSR count). The van der Waals surface area contributed by atoms with Gasteiger partial charge in [-0.1, -0.05) is 30.3 Å². The molecule has 1 fully saturated rings. The molecule has 1 saturated heterocycles. The first kappa shape index (κ1) is 18.2. The molecule has 0 aliphatic carbocycles. The van der Waals surface area contributed by atoms with E-state index in [1.54, 1.807) is 20.8 Å². The summed E-state index contributed by atoms with van der Waals surface area (Å²) >= 11 is 0. The van der Waals surface area contributed by atoms with Crippen molar-refractivity contribution in [2.24, 2.45) is 0 Å². The van der Waals surface area contributed by atoms with Crippen molar-refractivity contribution in [2.75, 3.05) is 6.54 Å². The molecule has 1 aromatic rings. The Hall–Kier alpha value is -2.12. The van der Waals surface area contributed by atoms with E-state index in [0.717, 1.165) is 5.56 Å². The minimum atomic E-state index is -0.971. The number of hydrogen-bond donors (Lipinski definition) is 2. The Bertz CT molecular complexity index is 570. The Morgan fingerprint density at radius 2 is 2.00 bits per heavy atom. The van der Waals surface area contributed by atoms with Crippen LogP contribution in [-0.4, -0.2) is 46.5 Å². The molecule has 0 bridgehead atoms.